The first kappa shape index (κ1) is 28.2. The second-order valence-electron chi connectivity index (χ2n) is 13.2. The van der Waals surface area contributed by atoms with E-state index in [4.69, 9.17) is 4.74 Å². The Morgan fingerprint density at radius 3 is 2.34 bits per heavy atom. The molecule has 3 aliphatic rings. The van der Waals surface area contributed by atoms with Gasteiger partial charge in [0.25, 0.3) is 0 Å². The van der Waals surface area contributed by atoms with Gasteiger partial charge in [-0.1, -0.05) is 57.2 Å². The zero-order valence-electron chi connectivity index (χ0n) is 23.3. The summed E-state index contributed by atoms with van der Waals surface area (Å²) >= 11 is 0. The summed E-state index contributed by atoms with van der Waals surface area (Å²) in [7, 11) is 1.46. The summed E-state index contributed by atoms with van der Waals surface area (Å²) in [6.45, 7) is 21.5. The molecule has 0 aliphatic heterocycles. The van der Waals surface area contributed by atoms with Crippen LogP contribution in [0.25, 0.3) is 0 Å². The Morgan fingerprint density at radius 1 is 1.14 bits per heavy atom. The zero-order chi connectivity index (χ0) is 26.4. The predicted octanol–water partition coefficient (Wildman–Crippen LogP) is 6.63. The van der Waals surface area contributed by atoms with Crippen molar-refractivity contribution in [1.29, 1.82) is 0 Å². The average Bonchev–Trinajstić information content (AvgIpc) is 3.14. The van der Waals surface area contributed by atoms with E-state index in [9.17, 15) is 15.0 Å². The number of aliphatic hydroxyl groups excluding tert-OH is 1. The maximum atomic E-state index is 12.2. The molecular formula is C31H50O4. The number of esters is 1. The van der Waals surface area contributed by atoms with Gasteiger partial charge in [-0.2, -0.15) is 0 Å². The Morgan fingerprint density at radius 2 is 1.77 bits per heavy atom. The maximum Gasteiger partial charge on any atom is 0.305 e. The maximum absolute atomic E-state index is 12.2. The molecule has 9 unspecified atom stereocenters. The minimum absolute atomic E-state index is 0.0199. The average molecular weight is 487 g/mol. The molecule has 4 nitrogen and oxygen atoms in total. The molecule has 0 aromatic carbocycles. The molecule has 0 amide bonds. The molecule has 0 aromatic heterocycles. The number of hydrogen-bond donors (Lipinski definition) is 2. The van der Waals surface area contributed by atoms with E-state index < -0.39 is 11.7 Å². The highest BCUT2D eigenvalue weighted by Gasteiger charge is 2.69. The monoisotopic (exact) mass is 486 g/mol. The first-order valence-electron chi connectivity index (χ1n) is 13.6. The fourth-order valence-corrected chi connectivity index (χ4v) is 9.10. The van der Waals surface area contributed by atoms with E-state index in [2.05, 4.69) is 40.9 Å². The van der Waals surface area contributed by atoms with E-state index in [-0.39, 0.29) is 40.0 Å². The molecule has 3 fully saturated rings. The molecule has 0 spiro atoms. The van der Waals surface area contributed by atoms with E-state index >= 15 is 0 Å². The van der Waals surface area contributed by atoms with E-state index in [0.29, 0.717) is 25.2 Å². The van der Waals surface area contributed by atoms with E-state index in [0.717, 1.165) is 37.7 Å². The van der Waals surface area contributed by atoms with Crippen LogP contribution in [-0.4, -0.2) is 35.0 Å². The van der Waals surface area contributed by atoms with E-state index in [1.54, 1.807) is 0 Å². The van der Waals surface area contributed by atoms with Gasteiger partial charge >= 0.3 is 5.97 Å². The fraction of sp³-hybridized carbons (Fsp3) is 0.774. The lowest BCUT2D eigenvalue weighted by Gasteiger charge is -2.67. The van der Waals surface area contributed by atoms with Crippen molar-refractivity contribution in [2.45, 2.75) is 105 Å². The van der Waals surface area contributed by atoms with Gasteiger partial charge in [0, 0.05) is 6.42 Å². The first-order valence-corrected chi connectivity index (χ1v) is 13.6. The predicted molar refractivity (Wildman–Crippen MR) is 143 cm³/mol. The third-order valence-electron chi connectivity index (χ3n) is 11.1. The second-order valence-corrected chi connectivity index (χ2v) is 13.2. The highest BCUT2D eigenvalue weighted by atomic mass is 16.5. The standard InChI is InChI=1S/C31H50O4/c1-20(2)11-10-15-31(8,34)23-13-18-30(7)27(23)24(32)19-25-28(5,16-14-26(33)35-9)22(21(3)4)12-17-29(25,30)6/h10-11,22-25,27,32,34H,1,3,12-19H2,2,4-9H3. The van der Waals surface area contributed by atoms with Gasteiger partial charge in [0.2, 0.25) is 0 Å². The molecule has 0 bridgehead atoms. The van der Waals surface area contributed by atoms with Gasteiger partial charge in [-0.05, 0) is 106 Å². The molecule has 9 atom stereocenters. The molecule has 0 saturated heterocycles. The highest BCUT2D eigenvalue weighted by molar-refractivity contribution is 5.69. The number of allylic oxidation sites excluding steroid dienone is 3. The Balaban J connectivity index is 1.98. The molecule has 4 heteroatoms. The summed E-state index contributed by atoms with van der Waals surface area (Å²) < 4.78 is 5.00. The highest BCUT2D eigenvalue weighted by Crippen LogP contribution is 2.74. The largest absolute Gasteiger partial charge is 0.469 e. The number of aliphatic hydroxyl groups is 2. The Bertz CT molecular complexity index is 871. The Kier molecular flexibility index (Phi) is 7.91. The van der Waals surface area contributed by atoms with Gasteiger partial charge < -0.3 is 14.9 Å². The lowest BCUT2D eigenvalue weighted by Crippen LogP contribution is -2.63. The van der Waals surface area contributed by atoms with Crippen LogP contribution in [0.2, 0.25) is 0 Å². The fourth-order valence-electron chi connectivity index (χ4n) is 9.10. The van der Waals surface area contributed by atoms with Gasteiger partial charge in [0.1, 0.15) is 0 Å². The van der Waals surface area contributed by atoms with Gasteiger partial charge in [-0.15, -0.1) is 0 Å². The van der Waals surface area contributed by atoms with Gasteiger partial charge in [-0.25, -0.2) is 0 Å². The van der Waals surface area contributed by atoms with Crippen LogP contribution in [0, 0.1) is 39.9 Å². The third-order valence-corrected chi connectivity index (χ3v) is 11.1. The number of hydrogen-bond acceptors (Lipinski definition) is 4. The molecule has 3 saturated carbocycles. The van der Waals surface area contributed by atoms with Crippen molar-refractivity contribution in [1.82, 2.24) is 0 Å². The minimum Gasteiger partial charge on any atom is -0.469 e. The third kappa shape index (κ3) is 4.70. The number of methoxy groups -OCH3 is 1. The summed E-state index contributed by atoms with van der Waals surface area (Å²) in [6, 6.07) is 0. The number of ether oxygens (including phenoxy) is 1. The van der Waals surface area contributed by atoms with Crippen molar-refractivity contribution in [2.24, 2.45) is 39.9 Å². The van der Waals surface area contributed by atoms with Crippen LogP contribution in [0.3, 0.4) is 0 Å². The Hall–Kier alpha value is -1.39. The van der Waals surface area contributed by atoms with Crippen LogP contribution < -0.4 is 0 Å². The molecule has 3 aliphatic carbocycles. The number of carbonyl (C=O) groups excluding carboxylic acids is 1. The Labute approximate surface area is 213 Å². The van der Waals surface area contributed by atoms with Gasteiger partial charge in [0.05, 0.1) is 18.8 Å². The molecule has 0 aromatic rings. The van der Waals surface area contributed by atoms with E-state index in [1.165, 1.54) is 12.7 Å². The molecule has 198 valence electrons. The van der Waals surface area contributed by atoms with Gasteiger partial charge in [-0.3, -0.25) is 4.79 Å². The normalized spacial score (nSPS) is 42.7. The topological polar surface area (TPSA) is 66.8 Å². The van der Waals surface area contributed by atoms with Crippen LogP contribution in [0.15, 0.2) is 36.5 Å². The second kappa shape index (κ2) is 9.82. The lowest BCUT2D eigenvalue weighted by molar-refractivity contribution is -0.213. The smallest absolute Gasteiger partial charge is 0.305 e. The summed E-state index contributed by atoms with van der Waals surface area (Å²) in [5.41, 5.74) is 1.10. The van der Waals surface area contributed by atoms with Crippen molar-refractivity contribution < 1.29 is 19.7 Å². The summed E-state index contributed by atoms with van der Waals surface area (Å²) in [5.74, 6) is 0.543. The van der Waals surface area contributed by atoms with Crippen LogP contribution in [-0.2, 0) is 9.53 Å². The number of carbonyl (C=O) groups is 1. The summed E-state index contributed by atoms with van der Waals surface area (Å²) in [4.78, 5) is 12.2. The van der Waals surface area contributed by atoms with Crippen molar-refractivity contribution in [2.75, 3.05) is 7.11 Å². The molecule has 2 N–H and O–H groups in total. The first-order chi connectivity index (χ1) is 16.1. The van der Waals surface area contributed by atoms with Crippen molar-refractivity contribution in [3.8, 4) is 0 Å². The molecule has 0 radical (unpaired) electrons. The number of fused-ring (bicyclic) bond motifs is 3. The van der Waals surface area contributed by atoms with Crippen LogP contribution in [0.1, 0.15) is 92.9 Å². The van der Waals surface area contributed by atoms with Crippen LogP contribution in [0.4, 0.5) is 0 Å². The van der Waals surface area contributed by atoms with Crippen molar-refractivity contribution in [3.05, 3.63) is 36.5 Å². The van der Waals surface area contributed by atoms with Crippen molar-refractivity contribution >= 4 is 5.97 Å². The zero-order valence-corrected chi connectivity index (χ0v) is 23.3. The quantitative estimate of drug-likeness (QED) is 0.230. The number of rotatable bonds is 8. The lowest BCUT2D eigenvalue weighted by atomic mass is 9.37. The SMILES string of the molecule is C=C(C)C=CCC(C)(O)C1CCC2(C)C1C(O)CC1C(C)(CCC(=O)OC)C(C(=C)C)CCC12C. The molecule has 3 rings (SSSR count). The van der Waals surface area contributed by atoms with Crippen LogP contribution in [0.5, 0.6) is 0 Å². The van der Waals surface area contributed by atoms with Gasteiger partial charge in [0.15, 0.2) is 0 Å². The molecule has 0 heterocycles. The van der Waals surface area contributed by atoms with E-state index in [1.807, 2.05) is 26.0 Å². The molecular weight excluding hydrogens is 436 g/mol. The molecule has 35 heavy (non-hydrogen) atoms. The van der Waals surface area contributed by atoms with Crippen LogP contribution >= 0.6 is 0 Å². The minimum atomic E-state index is -0.873. The summed E-state index contributed by atoms with van der Waals surface area (Å²) in [6.07, 6.45) is 10.0. The summed E-state index contributed by atoms with van der Waals surface area (Å²) in [5, 5.41) is 23.4. The van der Waals surface area contributed by atoms with Crippen molar-refractivity contribution in [3.63, 3.8) is 0 Å².